The van der Waals surface area contributed by atoms with Gasteiger partial charge in [-0.15, -0.1) is 0 Å². The number of nitrogens with two attached hydrogens (primary N) is 1. The van der Waals surface area contributed by atoms with Gasteiger partial charge in [0.25, 0.3) is 0 Å². The summed E-state index contributed by atoms with van der Waals surface area (Å²) in [6.45, 7) is 2.80. The van der Waals surface area contributed by atoms with Crippen molar-refractivity contribution in [3.63, 3.8) is 0 Å². The van der Waals surface area contributed by atoms with E-state index in [4.69, 9.17) is 10.8 Å². The van der Waals surface area contributed by atoms with Crippen molar-refractivity contribution in [2.75, 3.05) is 0 Å². The van der Waals surface area contributed by atoms with Crippen LogP contribution in [0.4, 0.5) is 0 Å². The molecule has 0 amide bonds. The number of hydrogen-bond acceptors (Lipinski definition) is 4. The average Bonchev–Trinajstić information content (AvgIpc) is 2.48. The highest BCUT2D eigenvalue weighted by molar-refractivity contribution is 4.78. The number of aliphatic hydroxyl groups is 1. The molecule has 1 aromatic heterocycles. The van der Waals surface area contributed by atoms with Gasteiger partial charge in [0.1, 0.15) is 6.33 Å². The molecule has 0 aliphatic rings. The van der Waals surface area contributed by atoms with E-state index in [1.165, 1.54) is 0 Å². The smallest absolute Gasteiger partial charge is 0.164 e. The Bertz CT molecular complexity index is 233. The molecular weight excluding hydrogens is 156 g/mol. The molecule has 0 aromatic carbocycles. The maximum atomic E-state index is 8.99. The summed E-state index contributed by atoms with van der Waals surface area (Å²) in [5.41, 5.74) is 5.33. The average molecular weight is 170 g/mol. The zero-order valence-corrected chi connectivity index (χ0v) is 7.14. The van der Waals surface area contributed by atoms with Gasteiger partial charge in [0.05, 0.1) is 12.6 Å². The first-order chi connectivity index (χ1) is 5.72. The largest absolute Gasteiger partial charge is 0.393 e. The van der Waals surface area contributed by atoms with Crippen LogP contribution < -0.4 is 5.73 Å². The fourth-order valence-electron chi connectivity index (χ4n) is 0.854. The van der Waals surface area contributed by atoms with E-state index in [0.29, 0.717) is 25.3 Å². The Hall–Kier alpha value is -0.940. The summed E-state index contributed by atoms with van der Waals surface area (Å²) in [7, 11) is 0. The molecule has 1 unspecified atom stereocenters. The molecule has 12 heavy (non-hydrogen) atoms. The highest BCUT2D eigenvalue weighted by Gasteiger charge is 1.99. The van der Waals surface area contributed by atoms with Crippen molar-refractivity contribution in [3.05, 3.63) is 12.2 Å². The van der Waals surface area contributed by atoms with E-state index in [0.717, 1.165) is 0 Å². The zero-order chi connectivity index (χ0) is 8.97. The minimum Gasteiger partial charge on any atom is -0.393 e. The molecule has 1 rings (SSSR count). The quantitative estimate of drug-likeness (QED) is 0.639. The molecule has 0 bridgehead atoms. The first kappa shape index (κ1) is 9.15. The van der Waals surface area contributed by atoms with E-state index < -0.39 is 0 Å². The summed E-state index contributed by atoms with van der Waals surface area (Å²) < 4.78 is 1.69. The van der Waals surface area contributed by atoms with Gasteiger partial charge in [-0.25, -0.2) is 4.98 Å². The summed E-state index contributed by atoms with van der Waals surface area (Å²) in [5.74, 6) is 0.639. The second kappa shape index (κ2) is 4.18. The van der Waals surface area contributed by atoms with E-state index in [1.54, 1.807) is 17.9 Å². The highest BCUT2D eigenvalue weighted by Crippen LogP contribution is 1.94. The summed E-state index contributed by atoms with van der Waals surface area (Å²) in [5, 5.41) is 13.1. The number of rotatable bonds is 4. The Balaban J connectivity index is 2.41. The monoisotopic (exact) mass is 170 g/mol. The third-order valence-corrected chi connectivity index (χ3v) is 1.54. The van der Waals surface area contributed by atoms with Crippen molar-refractivity contribution in [1.82, 2.24) is 14.8 Å². The van der Waals surface area contributed by atoms with Crippen LogP contribution in [0.25, 0.3) is 0 Å². The van der Waals surface area contributed by atoms with Crippen LogP contribution in [0.2, 0.25) is 0 Å². The van der Waals surface area contributed by atoms with Crippen LogP contribution in [0.1, 0.15) is 19.2 Å². The molecule has 1 heterocycles. The van der Waals surface area contributed by atoms with Gasteiger partial charge in [0, 0.05) is 6.54 Å². The summed E-state index contributed by atoms with van der Waals surface area (Å²) in [6.07, 6.45) is 2.02. The van der Waals surface area contributed by atoms with Gasteiger partial charge in [-0.2, -0.15) is 5.10 Å². The number of aliphatic hydroxyl groups excluding tert-OH is 1. The van der Waals surface area contributed by atoms with Crippen LogP contribution >= 0.6 is 0 Å². The zero-order valence-electron chi connectivity index (χ0n) is 7.14. The SMILES string of the molecule is CC(O)CCn1cnc(CN)n1. The molecule has 0 aliphatic heterocycles. The fraction of sp³-hybridized carbons (Fsp3) is 0.714. The Morgan fingerprint density at radius 1 is 1.75 bits per heavy atom. The standard InChI is InChI=1S/C7H14N4O/c1-6(12)2-3-11-5-9-7(4-8)10-11/h5-6,12H,2-4,8H2,1H3. The number of aryl methyl sites for hydroxylation is 1. The van der Waals surface area contributed by atoms with E-state index in [9.17, 15) is 0 Å². The summed E-state index contributed by atoms with van der Waals surface area (Å²) in [4.78, 5) is 3.96. The predicted molar refractivity (Wildman–Crippen MR) is 44.2 cm³/mol. The predicted octanol–water partition coefficient (Wildman–Crippen LogP) is -0.492. The van der Waals surface area contributed by atoms with Crippen molar-refractivity contribution in [2.24, 2.45) is 5.73 Å². The second-order valence-electron chi connectivity index (χ2n) is 2.77. The topological polar surface area (TPSA) is 77.0 Å². The molecule has 3 N–H and O–H groups in total. The van der Waals surface area contributed by atoms with Gasteiger partial charge in [-0.3, -0.25) is 4.68 Å². The van der Waals surface area contributed by atoms with Crippen molar-refractivity contribution in [1.29, 1.82) is 0 Å². The Morgan fingerprint density at radius 2 is 2.50 bits per heavy atom. The Kier molecular flexibility index (Phi) is 3.19. The molecule has 0 saturated heterocycles. The van der Waals surface area contributed by atoms with Crippen molar-refractivity contribution >= 4 is 0 Å². The van der Waals surface area contributed by atoms with Crippen molar-refractivity contribution < 1.29 is 5.11 Å². The lowest BCUT2D eigenvalue weighted by molar-refractivity contribution is 0.176. The molecule has 1 atom stereocenters. The molecular formula is C7H14N4O. The van der Waals surface area contributed by atoms with Crippen LogP contribution in [0.15, 0.2) is 6.33 Å². The van der Waals surface area contributed by atoms with Crippen molar-refractivity contribution in [3.8, 4) is 0 Å². The maximum absolute atomic E-state index is 8.99. The van der Waals surface area contributed by atoms with Gasteiger partial charge in [0.15, 0.2) is 5.82 Å². The first-order valence-electron chi connectivity index (χ1n) is 3.99. The Labute approximate surface area is 71.2 Å². The van der Waals surface area contributed by atoms with Crippen LogP contribution in [0, 0.1) is 0 Å². The van der Waals surface area contributed by atoms with Gasteiger partial charge in [-0.1, -0.05) is 0 Å². The van der Waals surface area contributed by atoms with Crippen LogP contribution in [-0.2, 0) is 13.1 Å². The molecule has 5 nitrogen and oxygen atoms in total. The molecule has 0 fully saturated rings. The number of hydrogen-bond donors (Lipinski definition) is 2. The van der Waals surface area contributed by atoms with E-state index in [2.05, 4.69) is 10.1 Å². The maximum Gasteiger partial charge on any atom is 0.164 e. The highest BCUT2D eigenvalue weighted by atomic mass is 16.3. The minimum absolute atomic E-state index is 0.296. The van der Waals surface area contributed by atoms with Crippen LogP contribution in [0.3, 0.4) is 0 Å². The summed E-state index contributed by atoms with van der Waals surface area (Å²) in [6, 6.07) is 0. The molecule has 5 heteroatoms. The molecule has 0 aliphatic carbocycles. The molecule has 68 valence electrons. The van der Waals surface area contributed by atoms with Gasteiger partial charge >= 0.3 is 0 Å². The summed E-state index contributed by atoms with van der Waals surface area (Å²) >= 11 is 0. The lowest BCUT2D eigenvalue weighted by atomic mass is 10.3. The second-order valence-corrected chi connectivity index (χ2v) is 2.77. The van der Waals surface area contributed by atoms with Gasteiger partial charge in [-0.05, 0) is 13.3 Å². The van der Waals surface area contributed by atoms with E-state index in [1.807, 2.05) is 0 Å². The lowest BCUT2D eigenvalue weighted by Crippen LogP contribution is -2.08. The van der Waals surface area contributed by atoms with Gasteiger partial charge < -0.3 is 10.8 Å². The third kappa shape index (κ3) is 2.60. The molecule has 0 radical (unpaired) electrons. The fourth-order valence-corrected chi connectivity index (χ4v) is 0.854. The third-order valence-electron chi connectivity index (χ3n) is 1.54. The van der Waals surface area contributed by atoms with Crippen molar-refractivity contribution in [2.45, 2.75) is 32.5 Å². The van der Waals surface area contributed by atoms with Gasteiger partial charge in [0.2, 0.25) is 0 Å². The number of aromatic nitrogens is 3. The minimum atomic E-state index is -0.296. The van der Waals surface area contributed by atoms with E-state index >= 15 is 0 Å². The first-order valence-corrected chi connectivity index (χ1v) is 3.99. The Morgan fingerprint density at radius 3 is 3.00 bits per heavy atom. The van der Waals surface area contributed by atoms with Crippen LogP contribution in [-0.4, -0.2) is 26.0 Å². The normalized spacial score (nSPS) is 13.2. The number of nitrogens with zero attached hydrogens (tertiary/aromatic N) is 3. The molecule has 0 spiro atoms. The molecule has 1 aromatic rings. The van der Waals surface area contributed by atoms with Crippen LogP contribution in [0.5, 0.6) is 0 Å². The molecule has 0 saturated carbocycles. The lowest BCUT2D eigenvalue weighted by Gasteiger charge is -2.02. The van der Waals surface area contributed by atoms with E-state index in [-0.39, 0.29) is 6.10 Å².